The van der Waals surface area contributed by atoms with Gasteiger partial charge in [-0.05, 0) is 54.2 Å². The molecule has 0 amide bonds. The molecule has 0 heterocycles. The first-order chi connectivity index (χ1) is 14.2. The van der Waals surface area contributed by atoms with Gasteiger partial charge in [0.1, 0.15) is 5.75 Å². The zero-order valence-electron chi connectivity index (χ0n) is 18.1. The molecule has 3 nitrogen and oxygen atoms in total. The lowest BCUT2D eigenvalue weighted by Crippen LogP contribution is -2.34. The van der Waals surface area contributed by atoms with Crippen LogP contribution in [0.3, 0.4) is 0 Å². The number of fused-ring (bicyclic) bond motifs is 1. The van der Waals surface area contributed by atoms with Gasteiger partial charge in [-0.1, -0.05) is 69.7 Å². The molecule has 1 unspecified atom stereocenters. The lowest BCUT2D eigenvalue weighted by atomic mass is 9.94. The van der Waals surface area contributed by atoms with Crippen LogP contribution in [0.25, 0.3) is 10.8 Å². The van der Waals surface area contributed by atoms with Gasteiger partial charge in [-0.25, -0.2) is 0 Å². The van der Waals surface area contributed by atoms with Gasteiger partial charge in [-0.15, -0.1) is 0 Å². The molecule has 2 aromatic carbocycles. The molecule has 2 saturated carbocycles. The zero-order chi connectivity index (χ0) is 20.1. The Kier molecular flexibility index (Phi) is 7.10. The first kappa shape index (κ1) is 20.7. The molecule has 0 spiro atoms. The third-order valence-corrected chi connectivity index (χ3v) is 6.76. The molecule has 3 heteroatoms. The Hall–Kier alpha value is -1.58. The summed E-state index contributed by atoms with van der Waals surface area (Å²) in [6.45, 7) is 2.26. The number of hydrogen-bond acceptors (Lipinski definition) is 3. The van der Waals surface area contributed by atoms with Crippen molar-refractivity contribution in [2.75, 3.05) is 7.11 Å². The molecular formula is C26H36O3. The van der Waals surface area contributed by atoms with Crippen LogP contribution in [0.2, 0.25) is 0 Å². The minimum atomic E-state index is -0.156. The summed E-state index contributed by atoms with van der Waals surface area (Å²) in [5.74, 6) is 1.11. The van der Waals surface area contributed by atoms with Crippen molar-refractivity contribution < 1.29 is 14.2 Å². The van der Waals surface area contributed by atoms with E-state index in [9.17, 15) is 0 Å². The van der Waals surface area contributed by atoms with E-state index in [-0.39, 0.29) is 12.2 Å². The molecule has 2 fully saturated rings. The average Bonchev–Trinajstić information content (AvgIpc) is 2.79. The highest BCUT2D eigenvalue weighted by Gasteiger charge is 2.29. The van der Waals surface area contributed by atoms with E-state index < -0.39 is 0 Å². The smallest absolute Gasteiger partial charge is 0.164 e. The highest BCUT2D eigenvalue weighted by Crippen LogP contribution is 2.33. The van der Waals surface area contributed by atoms with E-state index in [4.69, 9.17) is 14.2 Å². The Morgan fingerprint density at radius 2 is 1.28 bits per heavy atom. The first-order valence-corrected chi connectivity index (χ1v) is 11.6. The number of rotatable bonds is 7. The van der Waals surface area contributed by atoms with E-state index >= 15 is 0 Å². The Morgan fingerprint density at radius 1 is 0.724 bits per heavy atom. The molecule has 0 saturated heterocycles. The van der Waals surface area contributed by atoms with Gasteiger partial charge in [-0.3, -0.25) is 0 Å². The fourth-order valence-electron chi connectivity index (χ4n) is 4.86. The molecule has 29 heavy (non-hydrogen) atoms. The van der Waals surface area contributed by atoms with Crippen LogP contribution < -0.4 is 4.74 Å². The van der Waals surface area contributed by atoms with Gasteiger partial charge in [0.25, 0.3) is 0 Å². The number of methoxy groups -OCH3 is 1. The Labute approximate surface area is 175 Å². The highest BCUT2D eigenvalue weighted by molar-refractivity contribution is 5.84. The first-order valence-electron chi connectivity index (χ1n) is 11.6. The van der Waals surface area contributed by atoms with Crippen LogP contribution in [0, 0.1) is 0 Å². The standard InChI is InChI=1S/C26H36O3/c1-19(20-13-14-22-18-25(27-2)16-15-21(22)17-20)26(28-23-9-5-3-6-10-23)29-24-11-7-4-8-12-24/h13-19,23-24,26H,3-12H2,1-2H3. The SMILES string of the molecule is COc1ccc2cc(C(C)C(OC3CCCCC3)OC3CCCCC3)ccc2c1. The molecule has 2 aliphatic carbocycles. The molecule has 158 valence electrons. The van der Waals surface area contributed by atoms with Crippen LogP contribution in [0.5, 0.6) is 5.75 Å². The number of benzene rings is 2. The van der Waals surface area contributed by atoms with Crippen LogP contribution in [0.1, 0.15) is 82.6 Å². The highest BCUT2D eigenvalue weighted by atomic mass is 16.7. The summed E-state index contributed by atoms with van der Waals surface area (Å²) in [6, 6.07) is 13.0. The van der Waals surface area contributed by atoms with Gasteiger partial charge in [0, 0.05) is 5.92 Å². The van der Waals surface area contributed by atoms with Crippen LogP contribution in [-0.2, 0) is 9.47 Å². The van der Waals surface area contributed by atoms with E-state index in [1.165, 1.54) is 80.5 Å². The number of ether oxygens (including phenoxy) is 3. The molecule has 2 aromatic rings. The van der Waals surface area contributed by atoms with Gasteiger partial charge in [0.05, 0.1) is 19.3 Å². The normalized spacial score (nSPS) is 20.2. The Balaban J connectivity index is 1.53. The van der Waals surface area contributed by atoms with Gasteiger partial charge < -0.3 is 14.2 Å². The van der Waals surface area contributed by atoms with E-state index in [1.807, 2.05) is 6.07 Å². The second-order valence-electron chi connectivity index (χ2n) is 8.92. The molecule has 0 aliphatic heterocycles. The third kappa shape index (κ3) is 5.32. The number of hydrogen-bond donors (Lipinski definition) is 0. The third-order valence-electron chi connectivity index (χ3n) is 6.76. The van der Waals surface area contributed by atoms with Crippen molar-refractivity contribution in [2.45, 2.75) is 95.5 Å². The topological polar surface area (TPSA) is 27.7 Å². The second-order valence-corrected chi connectivity index (χ2v) is 8.92. The molecule has 0 aromatic heterocycles. The summed E-state index contributed by atoms with van der Waals surface area (Å²) >= 11 is 0. The van der Waals surface area contributed by atoms with Crippen molar-refractivity contribution in [1.29, 1.82) is 0 Å². The van der Waals surface area contributed by atoms with Gasteiger partial charge in [0.15, 0.2) is 6.29 Å². The minimum Gasteiger partial charge on any atom is -0.497 e. The molecular weight excluding hydrogens is 360 g/mol. The van der Waals surface area contributed by atoms with Crippen LogP contribution in [-0.4, -0.2) is 25.6 Å². The molecule has 0 radical (unpaired) electrons. The van der Waals surface area contributed by atoms with E-state index in [0.29, 0.717) is 12.2 Å². The Bertz CT molecular complexity index is 755. The summed E-state index contributed by atoms with van der Waals surface area (Å²) < 4.78 is 18.6. The predicted octanol–water partition coefficient (Wildman–Crippen LogP) is 6.98. The summed E-state index contributed by atoms with van der Waals surface area (Å²) in [4.78, 5) is 0. The zero-order valence-corrected chi connectivity index (χ0v) is 18.1. The Morgan fingerprint density at radius 3 is 1.86 bits per heavy atom. The molecule has 2 aliphatic rings. The fraction of sp³-hybridized carbons (Fsp3) is 0.615. The van der Waals surface area contributed by atoms with Gasteiger partial charge in [-0.2, -0.15) is 0 Å². The van der Waals surface area contributed by atoms with Crippen molar-refractivity contribution in [3.05, 3.63) is 42.0 Å². The van der Waals surface area contributed by atoms with E-state index in [2.05, 4.69) is 37.3 Å². The molecule has 0 bridgehead atoms. The summed E-state index contributed by atoms with van der Waals surface area (Å²) in [5, 5.41) is 2.45. The van der Waals surface area contributed by atoms with E-state index in [1.54, 1.807) is 7.11 Å². The maximum atomic E-state index is 6.62. The molecule has 1 atom stereocenters. The summed E-state index contributed by atoms with van der Waals surface area (Å²) in [5.41, 5.74) is 1.29. The van der Waals surface area contributed by atoms with Crippen LogP contribution in [0.15, 0.2) is 36.4 Å². The van der Waals surface area contributed by atoms with Gasteiger partial charge in [0.2, 0.25) is 0 Å². The lowest BCUT2D eigenvalue weighted by Gasteiger charge is -2.35. The molecule has 4 rings (SSSR count). The maximum absolute atomic E-state index is 6.62. The maximum Gasteiger partial charge on any atom is 0.164 e. The van der Waals surface area contributed by atoms with Crippen LogP contribution >= 0.6 is 0 Å². The summed E-state index contributed by atoms with van der Waals surface area (Å²) in [7, 11) is 1.72. The minimum absolute atomic E-state index is 0.156. The quantitative estimate of drug-likeness (QED) is 0.473. The average molecular weight is 397 g/mol. The van der Waals surface area contributed by atoms with Crippen molar-refractivity contribution in [2.24, 2.45) is 0 Å². The van der Waals surface area contributed by atoms with Crippen molar-refractivity contribution in [1.82, 2.24) is 0 Å². The van der Waals surface area contributed by atoms with Gasteiger partial charge >= 0.3 is 0 Å². The monoisotopic (exact) mass is 396 g/mol. The predicted molar refractivity (Wildman–Crippen MR) is 119 cm³/mol. The lowest BCUT2D eigenvalue weighted by molar-refractivity contribution is -0.212. The van der Waals surface area contributed by atoms with E-state index in [0.717, 1.165) is 5.75 Å². The largest absolute Gasteiger partial charge is 0.497 e. The fourth-order valence-corrected chi connectivity index (χ4v) is 4.86. The second kappa shape index (κ2) is 9.95. The van der Waals surface area contributed by atoms with Crippen molar-refractivity contribution >= 4 is 10.8 Å². The van der Waals surface area contributed by atoms with Crippen molar-refractivity contribution in [3.8, 4) is 5.75 Å². The molecule has 0 N–H and O–H groups in total. The summed E-state index contributed by atoms with van der Waals surface area (Å²) in [6.07, 6.45) is 13.1. The van der Waals surface area contributed by atoms with Crippen molar-refractivity contribution in [3.63, 3.8) is 0 Å². The van der Waals surface area contributed by atoms with Crippen LogP contribution in [0.4, 0.5) is 0 Å².